The highest BCUT2D eigenvalue weighted by Gasteiger charge is 2.19. The normalized spacial score (nSPS) is 12.5. The smallest absolute Gasteiger partial charge is 0.137 e. The summed E-state index contributed by atoms with van der Waals surface area (Å²) in [6.07, 6.45) is 1.18. The van der Waals surface area contributed by atoms with Gasteiger partial charge in [-0.3, -0.25) is 0 Å². The van der Waals surface area contributed by atoms with Gasteiger partial charge >= 0.3 is 0 Å². The van der Waals surface area contributed by atoms with E-state index in [2.05, 4.69) is 0 Å². The Balaban J connectivity index is 4.41. The van der Waals surface area contributed by atoms with Gasteiger partial charge in [-0.15, -0.1) is 0 Å². The van der Waals surface area contributed by atoms with Crippen LogP contribution in [0.4, 0.5) is 0 Å². The summed E-state index contributed by atoms with van der Waals surface area (Å²) in [5.74, 6) is 0.273. The number of ether oxygens (including phenoxy) is 1. The van der Waals surface area contributed by atoms with Crippen LogP contribution in [0, 0.1) is 11.3 Å². The van der Waals surface area contributed by atoms with Crippen LogP contribution in [-0.4, -0.2) is 17.8 Å². The third kappa shape index (κ3) is 2.51. The largest absolute Gasteiger partial charge is 0.497 e. The zero-order valence-corrected chi connectivity index (χ0v) is 6.38. The number of rotatable bonds is 2. The van der Waals surface area contributed by atoms with E-state index in [1.807, 2.05) is 0 Å². The van der Waals surface area contributed by atoms with Gasteiger partial charge in [-0.1, -0.05) is 0 Å². The number of hydrogen-bond donors (Lipinski definition) is 1. The standard InChI is InChI=1S/C7H11NO2/c1-7(2,9)6(10-3)4-5-8/h4,9H,1-3H3. The van der Waals surface area contributed by atoms with Crippen molar-refractivity contribution in [3.05, 3.63) is 11.8 Å². The lowest BCUT2D eigenvalue weighted by atomic mass is 10.1. The molecule has 1 N–H and O–H groups in total. The molecule has 0 aromatic carbocycles. The molecule has 10 heavy (non-hydrogen) atoms. The Bertz CT molecular complexity index is 171. The van der Waals surface area contributed by atoms with E-state index in [4.69, 9.17) is 10.00 Å². The summed E-state index contributed by atoms with van der Waals surface area (Å²) in [6.45, 7) is 3.11. The maximum Gasteiger partial charge on any atom is 0.137 e. The van der Waals surface area contributed by atoms with Gasteiger partial charge in [0, 0.05) is 0 Å². The van der Waals surface area contributed by atoms with Crippen LogP contribution in [-0.2, 0) is 4.74 Å². The van der Waals surface area contributed by atoms with Crippen LogP contribution in [0.1, 0.15) is 13.8 Å². The van der Waals surface area contributed by atoms with Crippen molar-refractivity contribution in [3.63, 3.8) is 0 Å². The Morgan fingerprint density at radius 2 is 2.20 bits per heavy atom. The maximum atomic E-state index is 9.26. The van der Waals surface area contributed by atoms with Crippen LogP contribution in [0.2, 0.25) is 0 Å². The number of nitrogens with zero attached hydrogens (tertiary/aromatic N) is 1. The van der Waals surface area contributed by atoms with Crippen molar-refractivity contribution in [1.82, 2.24) is 0 Å². The molecule has 0 radical (unpaired) electrons. The van der Waals surface area contributed by atoms with Gasteiger partial charge in [-0.05, 0) is 13.8 Å². The molecule has 0 aromatic heterocycles. The molecule has 0 atom stereocenters. The molecule has 0 saturated heterocycles. The first-order valence-electron chi connectivity index (χ1n) is 2.89. The fourth-order valence-electron chi connectivity index (χ4n) is 0.544. The molecular formula is C7H11NO2. The quantitative estimate of drug-likeness (QED) is 0.457. The molecule has 3 nitrogen and oxygen atoms in total. The van der Waals surface area contributed by atoms with E-state index in [1.54, 1.807) is 19.9 Å². The lowest BCUT2D eigenvalue weighted by Gasteiger charge is -2.18. The monoisotopic (exact) mass is 141 g/mol. The number of nitriles is 1. The molecule has 0 saturated carbocycles. The molecule has 0 aromatic rings. The number of methoxy groups -OCH3 is 1. The molecular weight excluding hydrogens is 130 g/mol. The topological polar surface area (TPSA) is 53.2 Å². The average molecular weight is 141 g/mol. The van der Waals surface area contributed by atoms with Crippen molar-refractivity contribution in [2.75, 3.05) is 7.11 Å². The zero-order valence-electron chi connectivity index (χ0n) is 6.38. The molecule has 0 aliphatic carbocycles. The molecule has 0 rings (SSSR count). The van der Waals surface area contributed by atoms with Gasteiger partial charge in [0.05, 0.1) is 19.3 Å². The maximum absolute atomic E-state index is 9.26. The van der Waals surface area contributed by atoms with Crippen LogP contribution in [0.25, 0.3) is 0 Å². The summed E-state index contributed by atoms with van der Waals surface area (Å²) in [7, 11) is 1.42. The first-order valence-corrected chi connectivity index (χ1v) is 2.89. The van der Waals surface area contributed by atoms with Crippen LogP contribution >= 0.6 is 0 Å². The van der Waals surface area contributed by atoms with Crippen LogP contribution in [0.15, 0.2) is 11.8 Å². The van der Waals surface area contributed by atoms with Crippen LogP contribution < -0.4 is 0 Å². The average Bonchev–Trinajstić information content (AvgIpc) is 1.80. The second-order valence-electron chi connectivity index (χ2n) is 2.40. The van der Waals surface area contributed by atoms with Crippen molar-refractivity contribution in [2.45, 2.75) is 19.4 Å². The van der Waals surface area contributed by atoms with E-state index in [9.17, 15) is 5.11 Å². The highest BCUT2D eigenvalue weighted by atomic mass is 16.5. The fraction of sp³-hybridized carbons (Fsp3) is 0.571. The van der Waals surface area contributed by atoms with E-state index in [0.29, 0.717) is 0 Å². The summed E-state index contributed by atoms with van der Waals surface area (Å²) in [5.41, 5.74) is -1.06. The molecule has 0 spiro atoms. The third-order valence-corrected chi connectivity index (χ3v) is 1.02. The Morgan fingerprint density at radius 1 is 1.70 bits per heavy atom. The Hall–Kier alpha value is -1.01. The minimum Gasteiger partial charge on any atom is -0.497 e. The van der Waals surface area contributed by atoms with Crippen molar-refractivity contribution >= 4 is 0 Å². The van der Waals surface area contributed by atoms with Gasteiger partial charge in [0.25, 0.3) is 0 Å². The van der Waals surface area contributed by atoms with Crippen molar-refractivity contribution < 1.29 is 9.84 Å². The minimum absolute atomic E-state index is 0.273. The van der Waals surface area contributed by atoms with E-state index < -0.39 is 5.60 Å². The Morgan fingerprint density at radius 3 is 2.30 bits per heavy atom. The summed E-state index contributed by atoms with van der Waals surface area (Å²) in [5, 5.41) is 17.5. The predicted molar refractivity (Wildman–Crippen MR) is 37.0 cm³/mol. The highest BCUT2D eigenvalue weighted by Crippen LogP contribution is 2.14. The molecule has 0 aliphatic rings. The first kappa shape index (κ1) is 8.99. The van der Waals surface area contributed by atoms with Gasteiger partial charge in [0.1, 0.15) is 11.4 Å². The fourth-order valence-corrected chi connectivity index (χ4v) is 0.544. The molecule has 0 aliphatic heterocycles. The minimum atomic E-state index is -1.06. The van der Waals surface area contributed by atoms with E-state index in [-0.39, 0.29) is 5.76 Å². The van der Waals surface area contributed by atoms with Crippen molar-refractivity contribution in [2.24, 2.45) is 0 Å². The summed E-state index contributed by atoms with van der Waals surface area (Å²) >= 11 is 0. The van der Waals surface area contributed by atoms with Crippen molar-refractivity contribution in [1.29, 1.82) is 5.26 Å². The van der Waals surface area contributed by atoms with Gasteiger partial charge in [0.2, 0.25) is 0 Å². The van der Waals surface area contributed by atoms with Gasteiger partial charge in [-0.2, -0.15) is 5.26 Å². The third-order valence-electron chi connectivity index (χ3n) is 1.02. The Labute approximate surface area is 60.5 Å². The van der Waals surface area contributed by atoms with E-state index >= 15 is 0 Å². The zero-order chi connectivity index (χ0) is 8.20. The molecule has 0 unspecified atom stereocenters. The Kier molecular flexibility index (Phi) is 2.91. The molecule has 0 fully saturated rings. The lowest BCUT2D eigenvalue weighted by molar-refractivity contribution is 0.0554. The lowest BCUT2D eigenvalue weighted by Crippen LogP contribution is -2.22. The number of allylic oxidation sites excluding steroid dienone is 1. The summed E-state index contributed by atoms with van der Waals surface area (Å²) in [4.78, 5) is 0. The van der Waals surface area contributed by atoms with Crippen molar-refractivity contribution in [3.8, 4) is 6.07 Å². The summed E-state index contributed by atoms with van der Waals surface area (Å²) in [6, 6.07) is 1.78. The van der Waals surface area contributed by atoms with Gasteiger partial charge < -0.3 is 9.84 Å². The SMILES string of the molecule is COC(=CC#N)C(C)(C)O. The molecule has 0 heterocycles. The molecule has 56 valence electrons. The van der Waals surface area contributed by atoms with E-state index in [1.165, 1.54) is 13.2 Å². The highest BCUT2D eigenvalue weighted by molar-refractivity contribution is 5.15. The van der Waals surface area contributed by atoms with Crippen LogP contribution in [0.3, 0.4) is 0 Å². The first-order chi connectivity index (χ1) is 4.52. The second-order valence-corrected chi connectivity index (χ2v) is 2.40. The number of aliphatic hydroxyl groups is 1. The molecule has 3 heteroatoms. The summed E-state index contributed by atoms with van der Waals surface area (Å²) < 4.78 is 4.74. The van der Waals surface area contributed by atoms with Gasteiger partial charge in [-0.25, -0.2) is 0 Å². The van der Waals surface area contributed by atoms with Crippen LogP contribution in [0.5, 0.6) is 0 Å². The predicted octanol–water partition coefficient (Wildman–Crippen LogP) is 0.811. The van der Waals surface area contributed by atoms with E-state index in [0.717, 1.165) is 0 Å². The number of hydrogen-bond acceptors (Lipinski definition) is 3. The molecule has 0 bridgehead atoms. The van der Waals surface area contributed by atoms with Gasteiger partial charge in [0.15, 0.2) is 0 Å². The second kappa shape index (κ2) is 3.23. The molecule has 0 amide bonds.